The van der Waals surface area contributed by atoms with Gasteiger partial charge >= 0.3 is 216 Å². The number of ether oxygens (including phenoxy) is 6. The average molecular weight is 1490 g/mol. The smallest absolute Gasteiger partial charge is 0.329 e. The van der Waals surface area contributed by atoms with Gasteiger partial charge in [-0.2, -0.15) is 0 Å². The molecule has 1 heterocycles. The first-order valence-corrected chi connectivity index (χ1v) is 45.2. The van der Waals surface area contributed by atoms with Gasteiger partial charge in [0, 0.05) is 65.3 Å². The van der Waals surface area contributed by atoms with Gasteiger partial charge in [0.1, 0.15) is 45.7 Å². The summed E-state index contributed by atoms with van der Waals surface area (Å²) in [6.45, 7) is 35.6. The van der Waals surface area contributed by atoms with Gasteiger partial charge in [-0.1, -0.05) is 0 Å². The molecular weight excluding hydrogens is 1370 g/mol. The van der Waals surface area contributed by atoms with Gasteiger partial charge in [-0.25, -0.2) is 14.4 Å². The molecule has 1 aromatic rings. The number of amides is 5. The maximum Gasteiger partial charge on any atom is 0.329 e. The molecule has 1 aliphatic carbocycles. The van der Waals surface area contributed by atoms with Crippen molar-refractivity contribution in [2.24, 2.45) is 11.8 Å². The third kappa shape index (κ3) is 38.8. The first-order valence-electron chi connectivity index (χ1n) is 35.2. The Balaban J connectivity index is 1.72. The number of rotatable bonds is 28. The second kappa shape index (κ2) is 39.0. The zero-order chi connectivity index (χ0) is 74.2. The van der Waals surface area contributed by atoms with E-state index in [1.165, 1.54) is 3.58 Å². The molecule has 1 aromatic carbocycles. The fourth-order valence-corrected chi connectivity index (χ4v) is 14.3. The first kappa shape index (κ1) is 86.6. The van der Waals surface area contributed by atoms with Crippen molar-refractivity contribution in [3.8, 4) is 0 Å². The number of carbonyl (C=O) groups excluding carboxylic acids is 10. The molecule has 5 N–H and O–H groups in total. The number of unbranched alkanes of at least 4 members (excludes halogenated alkanes) is 1. The van der Waals surface area contributed by atoms with Gasteiger partial charge < -0.3 is 44.4 Å². The minimum Gasteiger partial charge on any atom is -0.458 e. The van der Waals surface area contributed by atoms with E-state index in [0.29, 0.717) is 97.4 Å². The van der Waals surface area contributed by atoms with Gasteiger partial charge in [0.15, 0.2) is 0 Å². The van der Waals surface area contributed by atoms with Crippen LogP contribution in [0.4, 0.5) is 4.79 Å². The van der Waals surface area contributed by atoms with E-state index in [1.807, 2.05) is 94.0 Å². The Bertz CT molecular complexity index is 2720. The monoisotopic (exact) mass is 1490 g/mol. The summed E-state index contributed by atoms with van der Waals surface area (Å²) < 4.78 is 35.1. The van der Waals surface area contributed by atoms with E-state index < -0.39 is 106 Å². The minimum absolute atomic E-state index is 0.00115. The number of urea groups is 1. The van der Waals surface area contributed by atoms with Crippen molar-refractivity contribution >= 4 is 81.5 Å². The summed E-state index contributed by atoms with van der Waals surface area (Å²) >= 11 is -2.43. The third-order valence-corrected chi connectivity index (χ3v) is 21.5. The Hall–Kier alpha value is -5.64. The van der Waals surface area contributed by atoms with Crippen LogP contribution in [0.5, 0.6) is 0 Å². The van der Waals surface area contributed by atoms with Crippen molar-refractivity contribution in [1.29, 1.82) is 0 Å². The number of hydrogen-bond donors (Lipinski definition) is 5. The molecule has 5 amide bonds. The van der Waals surface area contributed by atoms with E-state index in [9.17, 15) is 47.9 Å². The van der Waals surface area contributed by atoms with Crippen LogP contribution in [0.2, 0.25) is 14.8 Å². The van der Waals surface area contributed by atoms with Crippen LogP contribution in [-0.4, -0.2) is 241 Å². The van der Waals surface area contributed by atoms with Crippen molar-refractivity contribution in [3.63, 3.8) is 0 Å². The molecule has 1 saturated heterocycles. The zero-order valence-electron chi connectivity index (χ0n) is 63.5. The summed E-state index contributed by atoms with van der Waals surface area (Å²) in [6, 6.07) is 4.12. The topological polar surface area (TPSA) is 299 Å². The molecule has 3 atom stereocenters. The second-order valence-electron chi connectivity index (χ2n) is 33.3. The molecule has 0 bridgehead atoms. The molecule has 558 valence electrons. The van der Waals surface area contributed by atoms with E-state index in [0.717, 1.165) is 5.56 Å². The zero-order valence-corrected chi connectivity index (χ0v) is 66.3. The van der Waals surface area contributed by atoms with Gasteiger partial charge in [-0.05, 0) is 131 Å². The Morgan fingerprint density at radius 1 is 0.449 bits per heavy atom. The number of carbonyl (C=O) groups is 10. The predicted molar refractivity (Wildman–Crippen MR) is 380 cm³/mol. The summed E-state index contributed by atoms with van der Waals surface area (Å²) in [5.74, 6) is -4.26. The van der Waals surface area contributed by atoms with Crippen LogP contribution in [0.3, 0.4) is 0 Å². The molecule has 98 heavy (non-hydrogen) atoms. The van der Waals surface area contributed by atoms with Crippen LogP contribution < -0.4 is 30.2 Å². The van der Waals surface area contributed by atoms with Gasteiger partial charge in [-0.15, -0.1) is 0 Å². The predicted octanol–water partition coefficient (Wildman–Crippen LogP) is 6.56. The van der Waals surface area contributed by atoms with Crippen molar-refractivity contribution in [3.05, 3.63) is 29.8 Å². The van der Waals surface area contributed by atoms with E-state index in [4.69, 9.17) is 28.4 Å². The van der Waals surface area contributed by atoms with E-state index >= 15 is 0 Å². The molecule has 1 aliphatic heterocycles. The minimum atomic E-state index is -2.43. The quantitative estimate of drug-likeness (QED) is 0.0257. The summed E-state index contributed by atoms with van der Waals surface area (Å²) in [5, 5.41) is 14.5. The number of nitrogens with zero attached hydrogens (tertiary/aromatic N) is 4. The van der Waals surface area contributed by atoms with Crippen LogP contribution in [0, 0.1) is 11.8 Å². The van der Waals surface area contributed by atoms with Crippen molar-refractivity contribution in [2.45, 2.75) is 255 Å². The maximum atomic E-state index is 14.2. The second-order valence-corrected chi connectivity index (χ2v) is 47.8. The number of hydrogen-bond acceptors (Lipinski definition) is 20. The largest absolute Gasteiger partial charge is 0.458 e. The van der Waals surface area contributed by atoms with Crippen LogP contribution in [0.1, 0.15) is 188 Å². The van der Waals surface area contributed by atoms with E-state index in [1.54, 1.807) is 62.3 Å². The molecule has 2 aliphatic rings. The maximum absolute atomic E-state index is 14.2. The molecule has 0 unspecified atom stereocenters. The molecule has 0 spiro atoms. The molecular formula is C72H125N9O16Sn. The fourth-order valence-electron chi connectivity index (χ4n) is 11.0. The number of nitrogens with one attached hydrogen (secondary N) is 5. The first-order chi connectivity index (χ1) is 45.0. The van der Waals surface area contributed by atoms with Crippen LogP contribution >= 0.6 is 0 Å². The molecule has 1 saturated carbocycles. The van der Waals surface area contributed by atoms with Crippen LogP contribution in [0.15, 0.2) is 24.3 Å². The normalized spacial score (nSPS) is 18.2. The van der Waals surface area contributed by atoms with Crippen LogP contribution in [-0.2, 0) is 78.0 Å². The van der Waals surface area contributed by atoms with Crippen molar-refractivity contribution in [2.75, 3.05) is 91.6 Å². The van der Waals surface area contributed by atoms with Crippen LogP contribution in [0.25, 0.3) is 0 Å². The summed E-state index contributed by atoms with van der Waals surface area (Å²) in [6.07, 6.45) is 3.22. The summed E-state index contributed by atoms with van der Waals surface area (Å²) in [5.41, 5.74) is -3.76. The Labute approximate surface area is 589 Å². The number of benzene rings is 1. The van der Waals surface area contributed by atoms with Gasteiger partial charge in [0.25, 0.3) is 0 Å². The molecule has 2 fully saturated rings. The van der Waals surface area contributed by atoms with Crippen molar-refractivity contribution < 1.29 is 76.4 Å². The van der Waals surface area contributed by atoms with Crippen molar-refractivity contribution in [1.82, 2.24) is 46.2 Å². The molecule has 0 radical (unpaired) electrons. The fraction of sp³-hybridized carbons (Fsp3) is 0.778. The summed E-state index contributed by atoms with van der Waals surface area (Å²) in [4.78, 5) is 150. The molecule has 26 heteroatoms. The summed E-state index contributed by atoms with van der Waals surface area (Å²) in [7, 11) is 0. The van der Waals surface area contributed by atoms with E-state index in [2.05, 4.69) is 53.5 Å². The average Bonchev–Trinajstić information content (AvgIpc) is 0.855. The molecule has 0 aromatic heterocycles. The molecule has 25 nitrogen and oxygen atoms in total. The van der Waals surface area contributed by atoms with Gasteiger partial charge in [0.05, 0.1) is 26.2 Å². The molecule has 3 rings (SSSR count). The van der Waals surface area contributed by atoms with Gasteiger partial charge in [0.2, 0.25) is 5.91 Å². The van der Waals surface area contributed by atoms with E-state index in [-0.39, 0.29) is 93.9 Å². The number of esters is 6. The Kier molecular flexibility index (Phi) is 34.4. The Morgan fingerprint density at radius 2 is 0.827 bits per heavy atom. The van der Waals surface area contributed by atoms with Gasteiger partial charge in [-0.3, -0.25) is 43.6 Å². The SMILES string of the molecule is CC(C)(C)OC(=O)CC[C@H](NC(=O)N[C@@H](CCCCNC(=O)[C@H](Cc1cc[c]([Sn]([CH3])([CH3])[CH3])cc1)NC(=O)C1CCC(CNC(=O)CN2CCN(CC(=O)OC(C)(C)C)CCN(CC(=O)OC(C)(C)C)CCN(CC(=O)OC(C)(C)C)CC2)CC1)C(=O)OC(C)(C)C)C(=O)OC(C)(C)C. The standard InChI is InChI=1S/C69H116N9O16.3CH3.Sn/c1-64(2,3)89-55(80)32-31-52(62(87)94-69(16,17)18)74-63(88)73-51(61(86)93-68(13,14)15)26-22-23-33-70-60(85)53(42-48-24-20-19-21-25-48)72-59(84)50-29-27-49(28-30-50)43-71-54(79)44-75-34-36-76(45-56(81)90-65(4,5)6)38-40-78(47-58(83)92-67(10,11)12)41-39-77(37-35-75)46-57(82)91-66(7,8)9;;;;/h20-21,24-25,49-53H,22-23,26-47H2,1-18H3,(H,70,85)(H,71,79)(H,72,84)(H2,73,74,88);3*1H3;/t49?,50?,51-,52-,53-;;;;/m0..../s1. The third-order valence-electron chi connectivity index (χ3n) is 15.6. The Morgan fingerprint density at radius 3 is 1.21 bits per heavy atom.